The molecule has 0 radical (unpaired) electrons. The average Bonchev–Trinajstić information content (AvgIpc) is 2.39. The average molecular weight is 276 g/mol. The lowest BCUT2D eigenvalue weighted by Gasteiger charge is -2.11. The Morgan fingerprint density at radius 1 is 1.15 bits per heavy atom. The van der Waals surface area contributed by atoms with Crippen molar-refractivity contribution >= 4 is 17.3 Å². The van der Waals surface area contributed by atoms with Gasteiger partial charge in [-0.05, 0) is 43.2 Å². The van der Waals surface area contributed by atoms with Crippen LogP contribution >= 0.6 is 0 Å². The van der Waals surface area contributed by atoms with Gasteiger partial charge in [0.25, 0.3) is 5.91 Å². The molecule has 0 unspecified atom stereocenters. The summed E-state index contributed by atoms with van der Waals surface area (Å²) in [6, 6.07) is 7.38. The van der Waals surface area contributed by atoms with Crippen molar-refractivity contribution in [1.82, 2.24) is 0 Å². The third-order valence-electron chi connectivity index (χ3n) is 2.97. The molecule has 3 nitrogen and oxygen atoms in total. The highest BCUT2D eigenvalue weighted by Crippen LogP contribution is 2.22. The fourth-order valence-corrected chi connectivity index (χ4v) is 1.83. The molecule has 3 N–H and O–H groups in total. The molecule has 0 aliphatic heterocycles. The summed E-state index contributed by atoms with van der Waals surface area (Å²) in [6.45, 7) is 3.29. The van der Waals surface area contributed by atoms with Crippen LogP contribution in [0.1, 0.15) is 21.5 Å². The van der Waals surface area contributed by atoms with E-state index in [4.69, 9.17) is 5.73 Å². The van der Waals surface area contributed by atoms with Crippen molar-refractivity contribution in [3.63, 3.8) is 0 Å². The fourth-order valence-electron chi connectivity index (χ4n) is 1.83. The van der Waals surface area contributed by atoms with Crippen molar-refractivity contribution in [1.29, 1.82) is 0 Å². The predicted octanol–water partition coefficient (Wildman–Crippen LogP) is 3.42. The maximum absolute atomic E-state index is 13.9. The van der Waals surface area contributed by atoms with E-state index in [1.807, 2.05) is 6.92 Å². The van der Waals surface area contributed by atoms with E-state index in [1.165, 1.54) is 13.0 Å². The van der Waals surface area contributed by atoms with Crippen molar-refractivity contribution in [2.24, 2.45) is 0 Å². The highest BCUT2D eigenvalue weighted by atomic mass is 19.1. The third kappa shape index (κ3) is 2.61. The molecule has 0 aromatic heterocycles. The second-order valence-corrected chi connectivity index (χ2v) is 4.60. The molecule has 2 aromatic rings. The quantitative estimate of drug-likeness (QED) is 0.826. The molecule has 0 aliphatic carbocycles. The van der Waals surface area contributed by atoms with E-state index in [9.17, 15) is 13.6 Å². The van der Waals surface area contributed by atoms with Gasteiger partial charge in [-0.2, -0.15) is 0 Å². The Kier molecular flexibility index (Phi) is 3.70. The molecule has 5 heteroatoms. The van der Waals surface area contributed by atoms with Crippen molar-refractivity contribution in [2.75, 3.05) is 11.1 Å². The maximum atomic E-state index is 13.9. The molecule has 0 spiro atoms. The second kappa shape index (κ2) is 5.28. The minimum Gasteiger partial charge on any atom is -0.397 e. The first-order valence-corrected chi connectivity index (χ1v) is 6.02. The smallest absolute Gasteiger partial charge is 0.261 e. The first-order valence-electron chi connectivity index (χ1n) is 6.02. The van der Waals surface area contributed by atoms with E-state index >= 15 is 0 Å². The van der Waals surface area contributed by atoms with E-state index < -0.39 is 23.1 Å². The SMILES string of the molecule is Cc1ccc(N)c(NC(=O)c2c(F)ccc(C)c2F)c1. The minimum absolute atomic E-state index is 0.203. The number of halogens is 2. The number of aryl methyl sites for hydroxylation is 2. The van der Waals surface area contributed by atoms with Crippen molar-refractivity contribution < 1.29 is 13.6 Å². The number of rotatable bonds is 2. The highest BCUT2D eigenvalue weighted by Gasteiger charge is 2.19. The summed E-state index contributed by atoms with van der Waals surface area (Å²) >= 11 is 0. The molecule has 1 amide bonds. The van der Waals surface area contributed by atoms with E-state index in [0.717, 1.165) is 11.6 Å². The lowest BCUT2D eigenvalue weighted by molar-refractivity contribution is 0.101. The first-order chi connectivity index (χ1) is 9.40. The van der Waals surface area contributed by atoms with Gasteiger partial charge in [0, 0.05) is 0 Å². The van der Waals surface area contributed by atoms with Crippen LogP contribution in [0.15, 0.2) is 30.3 Å². The maximum Gasteiger partial charge on any atom is 0.261 e. The third-order valence-corrected chi connectivity index (χ3v) is 2.97. The van der Waals surface area contributed by atoms with Crippen molar-refractivity contribution in [3.05, 3.63) is 58.7 Å². The molecule has 0 bridgehead atoms. The number of benzene rings is 2. The fraction of sp³-hybridized carbons (Fsp3) is 0.133. The van der Waals surface area contributed by atoms with Gasteiger partial charge in [-0.1, -0.05) is 12.1 Å². The number of hydrogen-bond acceptors (Lipinski definition) is 2. The topological polar surface area (TPSA) is 55.1 Å². The molecular weight excluding hydrogens is 262 g/mol. The molecule has 0 fully saturated rings. The Morgan fingerprint density at radius 2 is 1.85 bits per heavy atom. The summed E-state index contributed by atoms with van der Waals surface area (Å²) in [4.78, 5) is 12.0. The summed E-state index contributed by atoms with van der Waals surface area (Å²) < 4.78 is 27.5. The van der Waals surface area contributed by atoms with Crippen LogP contribution in [0, 0.1) is 25.5 Å². The number of nitrogens with one attached hydrogen (secondary N) is 1. The largest absolute Gasteiger partial charge is 0.397 e. The zero-order valence-corrected chi connectivity index (χ0v) is 11.1. The van der Waals surface area contributed by atoms with Crippen LogP contribution in [0.2, 0.25) is 0 Å². The summed E-state index contributed by atoms with van der Waals surface area (Å²) in [6.07, 6.45) is 0. The number of amides is 1. The van der Waals surface area contributed by atoms with Crippen LogP contribution in [-0.2, 0) is 0 Å². The van der Waals surface area contributed by atoms with Gasteiger partial charge in [-0.25, -0.2) is 8.78 Å². The number of anilines is 2. The van der Waals surface area contributed by atoms with Crippen molar-refractivity contribution in [3.8, 4) is 0 Å². The normalized spacial score (nSPS) is 10.4. The number of nitrogen functional groups attached to an aromatic ring is 1. The van der Waals surface area contributed by atoms with Crippen molar-refractivity contribution in [2.45, 2.75) is 13.8 Å². The second-order valence-electron chi connectivity index (χ2n) is 4.60. The monoisotopic (exact) mass is 276 g/mol. The van der Waals surface area contributed by atoms with E-state index in [2.05, 4.69) is 5.32 Å². The predicted molar refractivity (Wildman–Crippen MR) is 74.6 cm³/mol. The molecule has 0 saturated carbocycles. The Bertz CT molecular complexity index is 684. The molecule has 0 heterocycles. The Morgan fingerprint density at radius 3 is 2.55 bits per heavy atom. The number of carbonyl (C=O) groups excluding carboxylic acids is 1. The number of nitrogens with two attached hydrogens (primary N) is 1. The Hall–Kier alpha value is -2.43. The van der Waals surface area contributed by atoms with Crippen LogP contribution in [0.5, 0.6) is 0 Å². The van der Waals surface area contributed by atoms with E-state index in [1.54, 1.807) is 18.2 Å². The molecule has 0 aliphatic rings. The minimum atomic E-state index is -0.906. The van der Waals surface area contributed by atoms with E-state index in [-0.39, 0.29) is 5.56 Å². The van der Waals surface area contributed by atoms with Gasteiger partial charge in [0.15, 0.2) is 0 Å². The van der Waals surface area contributed by atoms with Crippen LogP contribution in [-0.4, -0.2) is 5.91 Å². The zero-order valence-electron chi connectivity index (χ0n) is 11.1. The first kappa shape index (κ1) is 14.0. The summed E-state index contributed by atoms with van der Waals surface area (Å²) in [7, 11) is 0. The summed E-state index contributed by atoms with van der Waals surface area (Å²) in [5.74, 6) is -2.63. The summed E-state index contributed by atoms with van der Waals surface area (Å²) in [5, 5.41) is 2.43. The van der Waals surface area contributed by atoms with Gasteiger partial charge >= 0.3 is 0 Å². The van der Waals surface area contributed by atoms with Crippen LogP contribution in [0.4, 0.5) is 20.2 Å². The number of hydrogen-bond donors (Lipinski definition) is 2. The van der Waals surface area contributed by atoms with Gasteiger partial charge in [-0.15, -0.1) is 0 Å². The summed E-state index contributed by atoms with van der Waals surface area (Å²) in [5.41, 5.74) is 6.85. The lowest BCUT2D eigenvalue weighted by Crippen LogP contribution is -2.17. The zero-order chi connectivity index (χ0) is 14.9. The standard InChI is InChI=1S/C15H14F2N2O/c1-8-3-6-11(18)12(7-8)19-15(20)13-10(16)5-4-9(2)14(13)17/h3-7H,18H2,1-2H3,(H,19,20). The van der Waals surface area contributed by atoms with Crippen LogP contribution in [0.3, 0.4) is 0 Å². The Balaban J connectivity index is 2.38. The molecule has 0 atom stereocenters. The lowest BCUT2D eigenvalue weighted by atomic mass is 10.1. The van der Waals surface area contributed by atoms with Crippen LogP contribution < -0.4 is 11.1 Å². The molecule has 0 saturated heterocycles. The van der Waals surface area contributed by atoms with Gasteiger partial charge < -0.3 is 11.1 Å². The van der Waals surface area contributed by atoms with Gasteiger partial charge in [0.2, 0.25) is 0 Å². The molecule has 2 rings (SSSR count). The van der Waals surface area contributed by atoms with Gasteiger partial charge in [-0.3, -0.25) is 4.79 Å². The molecule has 2 aromatic carbocycles. The Labute approximate surface area is 115 Å². The highest BCUT2D eigenvalue weighted by molar-refractivity contribution is 6.06. The number of carbonyl (C=O) groups is 1. The molecule has 104 valence electrons. The van der Waals surface area contributed by atoms with E-state index in [0.29, 0.717) is 11.4 Å². The van der Waals surface area contributed by atoms with Gasteiger partial charge in [0.05, 0.1) is 11.4 Å². The van der Waals surface area contributed by atoms with Crippen LogP contribution in [0.25, 0.3) is 0 Å². The van der Waals surface area contributed by atoms with Gasteiger partial charge in [0.1, 0.15) is 17.2 Å². The molecule has 20 heavy (non-hydrogen) atoms. The molecular formula is C15H14F2N2O.